The Kier molecular flexibility index (Phi) is 4.31. The van der Waals surface area contributed by atoms with Crippen molar-refractivity contribution in [2.24, 2.45) is 5.92 Å². The second kappa shape index (κ2) is 5.96. The van der Waals surface area contributed by atoms with Crippen LogP contribution in [0.3, 0.4) is 0 Å². The standard InChI is InChI=1S/C13H17F2NO/c14-11-2-1-3-12(13(11)15)17-9-6-10-4-7-16-8-5-10/h1-3,10,16H,4-9H2. The summed E-state index contributed by atoms with van der Waals surface area (Å²) in [6, 6.07) is 4.01. The molecule has 0 aromatic heterocycles. The first-order chi connectivity index (χ1) is 8.27. The Morgan fingerprint density at radius 3 is 2.76 bits per heavy atom. The number of hydrogen-bond donors (Lipinski definition) is 1. The maximum Gasteiger partial charge on any atom is 0.200 e. The topological polar surface area (TPSA) is 21.3 Å². The molecule has 0 radical (unpaired) electrons. The van der Waals surface area contributed by atoms with Crippen LogP contribution in [0.1, 0.15) is 19.3 Å². The second-order valence-corrected chi connectivity index (χ2v) is 4.38. The van der Waals surface area contributed by atoms with Crippen LogP contribution in [0.5, 0.6) is 5.75 Å². The molecule has 2 rings (SSSR count). The summed E-state index contributed by atoms with van der Waals surface area (Å²) >= 11 is 0. The lowest BCUT2D eigenvalue weighted by Crippen LogP contribution is -2.28. The van der Waals surface area contributed by atoms with E-state index in [0.29, 0.717) is 12.5 Å². The minimum Gasteiger partial charge on any atom is -0.490 e. The maximum atomic E-state index is 13.3. The fourth-order valence-corrected chi connectivity index (χ4v) is 2.10. The molecule has 1 aromatic rings. The van der Waals surface area contributed by atoms with Gasteiger partial charge in [0.15, 0.2) is 11.6 Å². The van der Waals surface area contributed by atoms with E-state index in [1.165, 1.54) is 12.1 Å². The smallest absolute Gasteiger partial charge is 0.200 e. The number of piperidine rings is 1. The van der Waals surface area contributed by atoms with Crippen molar-refractivity contribution < 1.29 is 13.5 Å². The normalized spacial score (nSPS) is 17.1. The highest BCUT2D eigenvalue weighted by atomic mass is 19.2. The molecule has 4 heteroatoms. The third kappa shape index (κ3) is 3.40. The van der Waals surface area contributed by atoms with E-state index in [2.05, 4.69) is 5.32 Å². The van der Waals surface area contributed by atoms with Crippen LogP contribution in [0.2, 0.25) is 0 Å². The average Bonchev–Trinajstić information content (AvgIpc) is 2.36. The molecule has 1 aliphatic heterocycles. The summed E-state index contributed by atoms with van der Waals surface area (Å²) < 4.78 is 31.4. The van der Waals surface area contributed by atoms with E-state index in [1.54, 1.807) is 0 Å². The average molecular weight is 241 g/mol. The highest BCUT2D eigenvalue weighted by Gasteiger charge is 2.14. The molecule has 0 saturated carbocycles. The van der Waals surface area contributed by atoms with E-state index in [-0.39, 0.29) is 5.75 Å². The maximum absolute atomic E-state index is 13.3. The number of nitrogens with one attached hydrogen (secondary N) is 1. The van der Waals surface area contributed by atoms with Crippen LogP contribution in [0.25, 0.3) is 0 Å². The van der Waals surface area contributed by atoms with Crippen LogP contribution in [-0.4, -0.2) is 19.7 Å². The van der Waals surface area contributed by atoms with Crippen LogP contribution in [-0.2, 0) is 0 Å². The Balaban J connectivity index is 1.79. The predicted octanol–water partition coefficient (Wildman–Crippen LogP) is 2.73. The third-order valence-electron chi connectivity index (χ3n) is 3.16. The minimum atomic E-state index is -0.891. The van der Waals surface area contributed by atoms with E-state index in [1.807, 2.05) is 0 Å². The number of benzene rings is 1. The van der Waals surface area contributed by atoms with Crippen molar-refractivity contribution in [2.45, 2.75) is 19.3 Å². The predicted molar refractivity (Wildman–Crippen MR) is 62.1 cm³/mol. The van der Waals surface area contributed by atoms with Crippen molar-refractivity contribution in [2.75, 3.05) is 19.7 Å². The van der Waals surface area contributed by atoms with E-state index < -0.39 is 11.6 Å². The van der Waals surface area contributed by atoms with Gasteiger partial charge in [-0.15, -0.1) is 0 Å². The quantitative estimate of drug-likeness (QED) is 0.875. The zero-order valence-electron chi connectivity index (χ0n) is 9.72. The zero-order chi connectivity index (χ0) is 12.1. The Morgan fingerprint density at radius 2 is 2.00 bits per heavy atom. The van der Waals surface area contributed by atoms with Gasteiger partial charge in [-0.1, -0.05) is 6.07 Å². The van der Waals surface area contributed by atoms with E-state index >= 15 is 0 Å². The van der Waals surface area contributed by atoms with Gasteiger partial charge in [-0.25, -0.2) is 4.39 Å². The summed E-state index contributed by atoms with van der Waals surface area (Å²) in [7, 11) is 0. The lowest BCUT2D eigenvalue weighted by Gasteiger charge is -2.22. The van der Waals surface area contributed by atoms with Gasteiger partial charge < -0.3 is 10.1 Å². The van der Waals surface area contributed by atoms with Crippen molar-refractivity contribution in [3.8, 4) is 5.75 Å². The van der Waals surface area contributed by atoms with Gasteiger partial charge in [-0.2, -0.15) is 4.39 Å². The molecule has 0 amide bonds. The lowest BCUT2D eigenvalue weighted by atomic mass is 9.95. The molecule has 1 N–H and O–H groups in total. The van der Waals surface area contributed by atoms with Gasteiger partial charge in [0.2, 0.25) is 5.82 Å². The van der Waals surface area contributed by atoms with Gasteiger partial charge in [0.05, 0.1) is 6.61 Å². The van der Waals surface area contributed by atoms with Gasteiger partial charge >= 0.3 is 0 Å². The molecule has 0 bridgehead atoms. The molecule has 2 nitrogen and oxygen atoms in total. The van der Waals surface area contributed by atoms with Crippen LogP contribution < -0.4 is 10.1 Å². The first-order valence-corrected chi connectivity index (χ1v) is 6.05. The summed E-state index contributed by atoms with van der Waals surface area (Å²) in [6.45, 7) is 2.53. The highest BCUT2D eigenvalue weighted by molar-refractivity contribution is 5.24. The molecule has 17 heavy (non-hydrogen) atoms. The van der Waals surface area contributed by atoms with E-state index in [0.717, 1.165) is 38.4 Å². The van der Waals surface area contributed by atoms with Gasteiger partial charge in [-0.3, -0.25) is 0 Å². The highest BCUT2D eigenvalue weighted by Crippen LogP contribution is 2.21. The molecule has 1 aromatic carbocycles. The first kappa shape index (κ1) is 12.3. The largest absolute Gasteiger partial charge is 0.490 e. The molecule has 0 aliphatic carbocycles. The molecule has 0 spiro atoms. The number of rotatable bonds is 4. The van der Waals surface area contributed by atoms with Gasteiger partial charge in [0.1, 0.15) is 0 Å². The molecular formula is C13H17F2NO. The van der Waals surface area contributed by atoms with Crippen molar-refractivity contribution >= 4 is 0 Å². The van der Waals surface area contributed by atoms with Crippen LogP contribution in [0, 0.1) is 17.6 Å². The fraction of sp³-hybridized carbons (Fsp3) is 0.538. The Labute approximate surface area is 100.0 Å². The second-order valence-electron chi connectivity index (χ2n) is 4.38. The summed E-state index contributed by atoms with van der Waals surface area (Å²) in [5.41, 5.74) is 0. The number of hydrogen-bond acceptors (Lipinski definition) is 2. The lowest BCUT2D eigenvalue weighted by molar-refractivity contribution is 0.241. The molecular weight excluding hydrogens is 224 g/mol. The minimum absolute atomic E-state index is 0.0129. The first-order valence-electron chi connectivity index (χ1n) is 6.05. The van der Waals surface area contributed by atoms with Gasteiger partial charge in [-0.05, 0) is 50.4 Å². The summed E-state index contributed by atoms with van der Waals surface area (Å²) in [5.74, 6) is -1.10. The van der Waals surface area contributed by atoms with E-state index in [4.69, 9.17) is 4.74 Å². The number of halogens is 2. The van der Waals surface area contributed by atoms with Gasteiger partial charge in [0, 0.05) is 0 Å². The zero-order valence-corrected chi connectivity index (χ0v) is 9.72. The van der Waals surface area contributed by atoms with Crippen LogP contribution >= 0.6 is 0 Å². The van der Waals surface area contributed by atoms with Crippen molar-refractivity contribution in [3.63, 3.8) is 0 Å². The molecule has 1 heterocycles. The summed E-state index contributed by atoms with van der Waals surface area (Å²) in [5, 5.41) is 3.29. The fourth-order valence-electron chi connectivity index (χ4n) is 2.10. The molecule has 1 saturated heterocycles. The Bertz CT molecular complexity index is 364. The third-order valence-corrected chi connectivity index (χ3v) is 3.16. The monoisotopic (exact) mass is 241 g/mol. The van der Waals surface area contributed by atoms with Crippen LogP contribution in [0.15, 0.2) is 18.2 Å². The summed E-state index contributed by atoms with van der Waals surface area (Å²) in [6.07, 6.45) is 3.17. The van der Waals surface area contributed by atoms with Crippen molar-refractivity contribution in [3.05, 3.63) is 29.8 Å². The van der Waals surface area contributed by atoms with Crippen molar-refractivity contribution in [1.82, 2.24) is 5.32 Å². The number of ether oxygens (including phenoxy) is 1. The van der Waals surface area contributed by atoms with Gasteiger partial charge in [0.25, 0.3) is 0 Å². The van der Waals surface area contributed by atoms with E-state index in [9.17, 15) is 8.78 Å². The molecule has 1 aliphatic rings. The Hall–Kier alpha value is -1.16. The van der Waals surface area contributed by atoms with Crippen molar-refractivity contribution in [1.29, 1.82) is 0 Å². The summed E-state index contributed by atoms with van der Waals surface area (Å²) in [4.78, 5) is 0. The Morgan fingerprint density at radius 1 is 1.24 bits per heavy atom. The molecule has 1 fully saturated rings. The SMILES string of the molecule is Fc1cccc(OCCC2CCNCC2)c1F. The molecule has 94 valence electrons. The molecule has 0 unspecified atom stereocenters. The molecule has 0 atom stereocenters. The van der Waals surface area contributed by atoms with Crippen LogP contribution in [0.4, 0.5) is 8.78 Å².